The fourth-order valence-electron chi connectivity index (χ4n) is 8.56. The third-order valence-corrected chi connectivity index (χ3v) is 11.1. The van der Waals surface area contributed by atoms with E-state index in [9.17, 15) is 0 Å². The van der Waals surface area contributed by atoms with Crippen LogP contribution in [0.1, 0.15) is 25.0 Å². The molecule has 0 unspecified atom stereocenters. The number of anilines is 2. The van der Waals surface area contributed by atoms with E-state index < -0.39 is 0 Å². The van der Waals surface area contributed by atoms with Crippen molar-refractivity contribution >= 4 is 32.9 Å². The Bertz CT molecular complexity index is 2670. The number of hydrogen-bond donors (Lipinski definition) is 0. The van der Waals surface area contributed by atoms with Crippen LogP contribution in [-0.2, 0) is 5.41 Å². The molecule has 10 rings (SSSR count). The van der Waals surface area contributed by atoms with E-state index in [1.807, 2.05) is 12.1 Å². The van der Waals surface area contributed by atoms with Crippen molar-refractivity contribution in [2.75, 3.05) is 11.9 Å². The van der Waals surface area contributed by atoms with E-state index in [-0.39, 0.29) is 5.41 Å². The van der Waals surface area contributed by atoms with Gasteiger partial charge in [-0.25, -0.2) is 0 Å². The van der Waals surface area contributed by atoms with Crippen molar-refractivity contribution in [1.29, 1.82) is 0 Å². The van der Waals surface area contributed by atoms with Crippen LogP contribution in [0.5, 0.6) is 11.5 Å². The van der Waals surface area contributed by atoms with Crippen LogP contribution < -0.4 is 9.64 Å². The maximum absolute atomic E-state index is 6.39. The molecule has 50 heavy (non-hydrogen) atoms. The summed E-state index contributed by atoms with van der Waals surface area (Å²) in [6.07, 6.45) is 0. The second-order valence-electron chi connectivity index (χ2n) is 14.2. The Hall–Kier alpha value is -6.12. The van der Waals surface area contributed by atoms with Gasteiger partial charge in [0.15, 0.2) is 11.5 Å². The van der Waals surface area contributed by atoms with E-state index in [0.717, 1.165) is 22.9 Å². The lowest BCUT2D eigenvalue weighted by molar-refractivity contribution is 0.475. The highest BCUT2D eigenvalue weighted by Gasteiger charge is 2.35. The number of fused-ring (bicyclic) bond motifs is 7. The number of hydrogen-bond acceptors (Lipinski definition) is 2. The molecule has 8 aromatic carbocycles. The predicted octanol–water partition coefficient (Wildman–Crippen LogP) is 13.2. The molecule has 1 aliphatic carbocycles. The van der Waals surface area contributed by atoms with Crippen molar-refractivity contribution in [3.8, 4) is 56.0 Å². The zero-order valence-electron chi connectivity index (χ0n) is 28.4. The van der Waals surface area contributed by atoms with Crippen LogP contribution in [0.3, 0.4) is 0 Å². The molecule has 0 bridgehead atoms. The van der Waals surface area contributed by atoms with Gasteiger partial charge in [-0.3, -0.25) is 0 Å². The highest BCUT2D eigenvalue weighted by atomic mass is 16.5. The average Bonchev–Trinajstić information content (AvgIpc) is 3.39. The maximum Gasteiger partial charge on any atom is 0.151 e. The third kappa shape index (κ3) is 4.15. The molecule has 0 radical (unpaired) electrons. The summed E-state index contributed by atoms with van der Waals surface area (Å²) in [5.74, 6) is 1.75. The van der Waals surface area contributed by atoms with Crippen LogP contribution in [0.2, 0.25) is 0 Å². The maximum atomic E-state index is 6.39. The summed E-state index contributed by atoms with van der Waals surface area (Å²) < 4.78 is 6.39. The molecule has 2 aliphatic rings. The molecule has 8 aromatic rings. The van der Waals surface area contributed by atoms with E-state index in [1.54, 1.807) is 0 Å². The molecular formula is C48H35NO. The van der Waals surface area contributed by atoms with Crippen LogP contribution in [-0.4, -0.2) is 7.05 Å². The Morgan fingerprint density at radius 2 is 1.02 bits per heavy atom. The number of para-hydroxylation sites is 2. The molecule has 2 heteroatoms. The average molecular weight is 642 g/mol. The van der Waals surface area contributed by atoms with Gasteiger partial charge in [-0.2, -0.15) is 0 Å². The Morgan fingerprint density at radius 3 is 1.86 bits per heavy atom. The van der Waals surface area contributed by atoms with Crippen LogP contribution in [0.15, 0.2) is 158 Å². The Kier molecular flexibility index (Phi) is 6.17. The van der Waals surface area contributed by atoms with Crippen LogP contribution in [0, 0.1) is 0 Å². The zero-order valence-corrected chi connectivity index (χ0v) is 28.4. The molecule has 0 saturated carbocycles. The molecule has 2 nitrogen and oxygen atoms in total. The topological polar surface area (TPSA) is 12.5 Å². The second kappa shape index (κ2) is 10.7. The SMILES string of the molecule is CN1c2ccccc2Oc2ccc(-c3c4ccccc4c(-c4ccc5c(c4)C(C)(C)c4ccccc4-5)c4cc(-c5ccccc5)ccc34)cc21. The van der Waals surface area contributed by atoms with Crippen molar-refractivity contribution in [2.24, 2.45) is 0 Å². The first-order chi connectivity index (χ1) is 24.5. The second-order valence-corrected chi connectivity index (χ2v) is 14.2. The van der Waals surface area contributed by atoms with E-state index in [4.69, 9.17) is 4.74 Å². The Balaban J connectivity index is 1.25. The highest BCUT2D eigenvalue weighted by molar-refractivity contribution is 6.22. The van der Waals surface area contributed by atoms with Crippen molar-refractivity contribution in [3.63, 3.8) is 0 Å². The third-order valence-electron chi connectivity index (χ3n) is 11.1. The molecule has 0 saturated heterocycles. The van der Waals surface area contributed by atoms with E-state index in [2.05, 4.69) is 171 Å². The summed E-state index contributed by atoms with van der Waals surface area (Å²) in [5, 5.41) is 4.98. The molecular weight excluding hydrogens is 607 g/mol. The summed E-state index contributed by atoms with van der Waals surface area (Å²) >= 11 is 0. The Labute approximate surface area is 292 Å². The number of ether oxygens (including phenoxy) is 1. The van der Waals surface area contributed by atoms with E-state index >= 15 is 0 Å². The first-order valence-corrected chi connectivity index (χ1v) is 17.4. The first-order valence-electron chi connectivity index (χ1n) is 17.4. The van der Waals surface area contributed by atoms with Crippen LogP contribution in [0.4, 0.5) is 11.4 Å². The number of rotatable bonds is 3. The van der Waals surface area contributed by atoms with Crippen molar-refractivity contribution in [2.45, 2.75) is 19.3 Å². The minimum Gasteiger partial charge on any atom is -0.453 e. The fourth-order valence-corrected chi connectivity index (χ4v) is 8.56. The summed E-state index contributed by atoms with van der Waals surface area (Å²) in [6, 6.07) is 57.7. The van der Waals surface area contributed by atoms with Gasteiger partial charge in [-0.15, -0.1) is 0 Å². The normalized spacial score (nSPS) is 13.8. The lowest BCUT2D eigenvalue weighted by atomic mass is 9.80. The molecule has 0 spiro atoms. The summed E-state index contributed by atoms with van der Waals surface area (Å²) in [7, 11) is 2.13. The van der Waals surface area contributed by atoms with Gasteiger partial charge in [0.1, 0.15) is 0 Å². The molecule has 0 amide bonds. The molecule has 1 heterocycles. The summed E-state index contributed by atoms with van der Waals surface area (Å²) in [5.41, 5.74) is 14.9. The van der Waals surface area contributed by atoms with Gasteiger partial charge in [0.2, 0.25) is 0 Å². The van der Waals surface area contributed by atoms with Gasteiger partial charge < -0.3 is 9.64 Å². The van der Waals surface area contributed by atoms with Crippen LogP contribution in [0.25, 0.3) is 66.1 Å². The highest BCUT2D eigenvalue weighted by Crippen LogP contribution is 2.53. The van der Waals surface area contributed by atoms with Gasteiger partial charge in [-0.1, -0.05) is 135 Å². The number of benzene rings is 8. The molecule has 0 atom stereocenters. The predicted molar refractivity (Wildman–Crippen MR) is 210 cm³/mol. The quantitative estimate of drug-likeness (QED) is 0.178. The lowest BCUT2D eigenvalue weighted by Crippen LogP contribution is -2.15. The standard InChI is InChI=1S/C48H35NO/c1-48(2)40-18-10-9-15-34(40)35-24-22-32(28-41(35)48)47-37-17-8-7-16-36(37)46(38-25-21-31(27-39(38)47)30-13-5-4-6-14-30)33-23-26-45-43(29-33)49(3)42-19-11-12-20-44(42)50-45/h4-29H,1-3H3. The summed E-state index contributed by atoms with van der Waals surface area (Å²) in [6.45, 7) is 4.73. The zero-order chi connectivity index (χ0) is 33.6. The largest absolute Gasteiger partial charge is 0.453 e. The lowest BCUT2D eigenvalue weighted by Gasteiger charge is -2.30. The molecule has 0 aromatic heterocycles. The van der Waals surface area contributed by atoms with Crippen molar-refractivity contribution in [3.05, 3.63) is 169 Å². The van der Waals surface area contributed by atoms with Gasteiger partial charge in [0.05, 0.1) is 11.4 Å². The van der Waals surface area contributed by atoms with Gasteiger partial charge in [0, 0.05) is 12.5 Å². The molecule has 0 fully saturated rings. The van der Waals surface area contributed by atoms with Crippen molar-refractivity contribution < 1.29 is 4.74 Å². The van der Waals surface area contributed by atoms with Crippen LogP contribution >= 0.6 is 0 Å². The minimum atomic E-state index is -0.0848. The molecule has 1 aliphatic heterocycles. The monoisotopic (exact) mass is 641 g/mol. The minimum absolute atomic E-state index is 0.0848. The summed E-state index contributed by atoms with van der Waals surface area (Å²) in [4.78, 5) is 2.24. The smallest absolute Gasteiger partial charge is 0.151 e. The molecule has 0 N–H and O–H groups in total. The van der Waals surface area contributed by atoms with E-state index in [1.165, 1.54) is 77.2 Å². The van der Waals surface area contributed by atoms with Gasteiger partial charge in [0.25, 0.3) is 0 Å². The first kappa shape index (κ1) is 28.9. The number of nitrogens with zero attached hydrogens (tertiary/aromatic N) is 1. The van der Waals surface area contributed by atoms with Gasteiger partial charge in [-0.05, 0) is 114 Å². The van der Waals surface area contributed by atoms with Gasteiger partial charge >= 0.3 is 0 Å². The van der Waals surface area contributed by atoms with E-state index in [0.29, 0.717) is 0 Å². The van der Waals surface area contributed by atoms with Crippen molar-refractivity contribution in [1.82, 2.24) is 0 Å². The Morgan fingerprint density at radius 1 is 0.420 bits per heavy atom. The molecule has 238 valence electrons. The fraction of sp³-hybridized carbons (Fsp3) is 0.0833.